The van der Waals surface area contributed by atoms with Crippen molar-refractivity contribution in [1.29, 1.82) is 0 Å². The molecule has 0 aliphatic rings. The van der Waals surface area contributed by atoms with Gasteiger partial charge in [-0.3, -0.25) is 0 Å². The predicted molar refractivity (Wildman–Crippen MR) is 60.6 cm³/mol. The van der Waals surface area contributed by atoms with E-state index in [1.54, 1.807) is 4.52 Å². The molecule has 2 N–H and O–H groups in total. The van der Waals surface area contributed by atoms with Crippen molar-refractivity contribution in [2.24, 2.45) is 5.41 Å². The number of rotatable bonds is 1. The van der Waals surface area contributed by atoms with E-state index in [0.29, 0.717) is 5.69 Å². The molecule has 0 atom stereocenters. The molecule has 0 fully saturated rings. The number of aromatic nitrogens is 3. The average Bonchev–Trinajstić information content (AvgIpc) is 2.45. The van der Waals surface area contributed by atoms with Gasteiger partial charge in [0.05, 0.1) is 5.69 Å². The minimum absolute atomic E-state index is 0.194. The first-order valence-electron chi connectivity index (χ1n) is 5.05. The van der Waals surface area contributed by atoms with E-state index in [9.17, 15) is 0 Å². The molecule has 0 saturated carbocycles. The van der Waals surface area contributed by atoms with Gasteiger partial charge in [0.15, 0.2) is 11.5 Å². The third kappa shape index (κ3) is 2.09. The molecule has 4 heteroatoms. The lowest BCUT2D eigenvalue weighted by Gasteiger charge is -2.14. The SMILES string of the molecule is CC(C)(C)Cc1nc2c(N)cccn2n1. The molecule has 0 saturated heterocycles. The standard InChI is InChI=1S/C11H16N4/c1-11(2,3)7-9-13-10-8(12)5-4-6-15(10)14-9/h4-6H,7,12H2,1-3H3. The average molecular weight is 204 g/mol. The Morgan fingerprint density at radius 3 is 2.73 bits per heavy atom. The number of anilines is 1. The molecule has 15 heavy (non-hydrogen) atoms. The van der Waals surface area contributed by atoms with E-state index in [4.69, 9.17) is 5.73 Å². The minimum atomic E-state index is 0.194. The van der Waals surface area contributed by atoms with Crippen LogP contribution >= 0.6 is 0 Å². The van der Waals surface area contributed by atoms with Crippen LogP contribution in [0.1, 0.15) is 26.6 Å². The summed E-state index contributed by atoms with van der Waals surface area (Å²) in [5.74, 6) is 0.848. The Balaban J connectivity index is 2.44. The van der Waals surface area contributed by atoms with E-state index >= 15 is 0 Å². The zero-order chi connectivity index (χ0) is 11.1. The quantitative estimate of drug-likeness (QED) is 0.771. The van der Waals surface area contributed by atoms with Gasteiger partial charge in [-0.05, 0) is 17.5 Å². The highest BCUT2D eigenvalue weighted by molar-refractivity contribution is 5.63. The lowest BCUT2D eigenvalue weighted by molar-refractivity contribution is 0.401. The van der Waals surface area contributed by atoms with Gasteiger partial charge in [-0.15, -0.1) is 0 Å². The molecule has 0 amide bonds. The van der Waals surface area contributed by atoms with Crippen molar-refractivity contribution in [2.45, 2.75) is 27.2 Å². The molecule has 0 radical (unpaired) electrons. The molecular weight excluding hydrogens is 188 g/mol. The third-order valence-electron chi connectivity index (χ3n) is 2.12. The van der Waals surface area contributed by atoms with Gasteiger partial charge in [0.25, 0.3) is 0 Å². The summed E-state index contributed by atoms with van der Waals surface area (Å²) in [6.45, 7) is 6.51. The maximum Gasteiger partial charge on any atom is 0.178 e. The molecule has 0 unspecified atom stereocenters. The van der Waals surface area contributed by atoms with Crippen LogP contribution in [0.3, 0.4) is 0 Å². The highest BCUT2D eigenvalue weighted by Gasteiger charge is 2.15. The van der Waals surface area contributed by atoms with Crippen molar-refractivity contribution in [1.82, 2.24) is 14.6 Å². The van der Waals surface area contributed by atoms with E-state index in [-0.39, 0.29) is 5.41 Å². The number of fused-ring (bicyclic) bond motifs is 1. The van der Waals surface area contributed by atoms with Crippen LogP contribution < -0.4 is 5.73 Å². The zero-order valence-electron chi connectivity index (χ0n) is 9.36. The summed E-state index contributed by atoms with van der Waals surface area (Å²) in [6, 6.07) is 3.71. The summed E-state index contributed by atoms with van der Waals surface area (Å²) in [5.41, 5.74) is 7.42. The summed E-state index contributed by atoms with van der Waals surface area (Å²) in [7, 11) is 0. The Labute approximate surface area is 89.1 Å². The third-order valence-corrected chi connectivity index (χ3v) is 2.12. The first kappa shape index (κ1) is 9.96. The lowest BCUT2D eigenvalue weighted by atomic mass is 9.92. The van der Waals surface area contributed by atoms with Crippen molar-refractivity contribution in [3.8, 4) is 0 Å². The molecule has 0 spiro atoms. The fourth-order valence-corrected chi connectivity index (χ4v) is 1.52. The molecule has 2 aromatic rings. The van der Waals surface area contributed by atoms with Crippen LogP contribution in [0, 0.1) is 5.41 Å². The Bertz CT molecular complexity index is 479. The summed E-state index contributed by atoms with van der Waals surface area (Å²) in [6.07, 6.45) is 2.72. The second kappa shape index (κ2) is 3.22. The molecular formula is C11H16N4. The molecule has 2 heterocycles. The second-order valence-corrected chi connectivity index (χ2v) is 5.00. The number of hydrogen-bond acceptors (Lipinski definition) is 3. The monoisotopic (exact) mass is 204 g/mol. The molecule has 2 rings (SSSR count). The molecule has 0 aliphatic carbocycles. The molecule has 4 nitrogen and oxygen atoms in total. The van der Waals surface area contributed by atoms with Crippen LogP contribution in [0.25, 0.3) is 5.65 Å². The van der Waals surface area contributed by atoms with Crippen LogP contribution in [0.5, 0.6) is 0 Å². The minimum Gasteiger partial charge on any atom is -0.396 e. The maximum atomic E-state index is 5.81. The van der Waals surface area contributed by atoms with Crippen molar-refractivity contribution in [2.75, 3.05) is 5.73 Å². The van der Waals surface area contributed by atoms with Crippen molar-refractivity contribution < 1.29 is 0 Å². The van der Waals surface area contributed by atoms with E-state index in [1.165, 1.54) is 0 Å². The molecule has 80 valence electrons. The Kier molecular flexibility index (Phi) is 2.14. The summed E-state index contributed by atoms with van der Waals surface area (Å²) in [5, 5.41) is 4.38. The molecule has 2 aromatic heterocycles. The summed E-state index contributed by atoms with van der Waals surface area (Å²) < 4.78 is 1.73. The largest absolute Gasteiger partial charge is 0.396 e. The van der Waals surface area contributed by atoms with Gasteiger partial charge >= 0.3 is 0 Å². The highest BCUT2D eigenvalue weighted by Crippen LogP contribution is 2.19. The van der Waals surface area contributed by atoms with Crippen LogP contribution in [0.15, 0.2) is 18.3 Å². The van der Waals surface area contributed by atoms with Crippen LogP contribution in [-0.4, -0.2) is 14.6 Å². The number of nitrogen functional groups attached to an aromatic ring is 1. The maximum absolute atomic E-state index is 5.81. The topological polar surface area (TPSA) is 56.2 Å². The summed E-state index contributed by atoms with van der Waals surface area (Å²) in [4.78, 5) is 4.42. The van der Waals surface area contributed by atoms with E-state index in [1.807, 2.05) is 18.3 Å². The first-order chi connectivity index (χ1) is 6.96. The van der Waals surface area contributed by atoms with Gasteiger partial charge in [0.2, 0.25) is 0 Å². The van der Waals surface area contributed by atoms with E-state index in [2.05, 4.69) is 30.9 Å². The van der Waals surface area contributed by atoms with Crippen molar-refractivity contribution >= 4 is 11.3 Å². The Morgan fingerprint density at radius 2 is 2.13 bits per heavy atom. The smallest absolute Gasteiger partial charge is 0.178 e. The van der Waals surface area contributed by atoms with Gasteiger partial charge in [0.1, 0.15) is 0 Å². The molecule has 0 aliphatic heterocycles. The molecule has 0 bridgehead atoms. The zero-order valence-corrected chi connectivity index (χ0v) is 9.36. The highest BCUT2D eigenvalue weighted by atomic mass is 15.3. The van der Waals surface area contributed by atoms with E-state index < -0.39 is 0 Å². The van der Waals surface area contributed by atoms with Gasteiger partial charge in [-0.2, -0.15) is 5.10 Å². The van der Waals surface area contributed by atoms with Gasteiger partial charge in [-0.1, -0.05) is 20.8 Å². The lowest BCUT2D eigenvalue weighted by Crippen LogP contribution is -2.10. The number of nitrogens with zero attached hydrogens (tertiary/aromatic N) is 3. The number of pyridine rings is 1. The van der Waals surface area contributed by atoms with Crippen LogP contribution in [0.4, 0.5) is 5.69 Å². The van der Waals surface area contributed by atoms with Crippen molar-refractivity contribution in [3.63, 3.8) is 0 Å². The van der Waals surface area contributed by atoms with E-state index in [0.717, 1.165) is 17.9 Å². The normalized spacial score (nSPS) is 12.2. The number of hydrogen-bond donors (Lipinski definition) is 1. The van der Waals surface area contributed by atoms with Gasteiger partial charge < -0.3 is 5.73 Å². The van der Waals surface area contributed by atoms with Crippen molar-refractivity contribution in [3.05, 3.63) is 24.2 Å². The first-order valence-corrected chi connectivity index (χ1v) is 5.05. The Morgan fingerprint density at radius 1 is 1.40 bits per heavy atom. The Hall–Kier alpha value is -1.58. The number of nitrogens with two attached hydrogens (primary N) is 1. The fourth-order valence-electron chi connectivity index (χ4n) is 1.52. The van der Waals surface area contributed by atoms with Gasteiger partial charge in [0, 0.05) is 12.6 Å². The molecule has 0 aromatic carbocycles. The summed E-state index contributed by atoms with van der Waals surface area (Å²) >= 11 is 0. The van der Waals surface area contributed by atoms with Crippen LogP contribution in [0.2, 0.25) is 0 Å². The van der Waals surface area contributed by atoms with Gasteiger partial charge in [-0.25, -0.2) is 9.50 Å². The fraction of sp³-hybridized carbons (Fsp3) is 0.455. The van der Waals surface area contributed by atoms with Crippen LogP contribution in [-0.2, 0) is 6.42 Å². The second-order valence-electron chi connectivity index (χ2n) is 5.00. The predicted octanol–water partition coefficient (Wildman–Crippen LogP) is 1.90.